The highest BCUT2D eigenvalue weighted by Crippen LogP contribution is 2.40. The Morgan fingerprint density at radius 3 is 2.42 bits per heavy atom. The number of nitrogens with zero attached hydrogens (tertiary/aromatic N) is 2. The predicted molar refractivity (Wildman–Crippen MR) is 128 cm³/mol. The number of H-pyrrole nitrogens is 1. The SMILES string of the molecule is CC(C)(C)[Si](C)(C)OC(CCCCCCc1ccccc1)c1nc(-c2ccco2)n[nH]1. The van der Waals surface area contributed by atoms with E-state index >= 15 is 0 Å². The second kappa shape index (κ2) is 10.4. The van der Waals surface area contributed by atoms with Crippen LogP contribution in [0.1, 0.15) is 70.4 Å². The van der Waals surface area contributed by atoms with Crippen molar-refractivity contribution < 1.29 is 8.84 Å². The minimum absolute atomic E-state index is 0.0637. The molecule has 0 aliphatic carbocycles. The van der Waals surface area contributed by atoms with Crippen molar-refractivity contribution in [3.63, 3.8) is 0 Å². The van der Waals surface area contributed by atoms with Gasteiger partial charge >= 0.3 is 0 Å². The van der Waals surface area contributed by atoms with E-state index in [1.807, 2.05) is 12.1 Å². The number of aryl methyl sites for hydroxylation is 1. The summed E-state index contributed by atoms with van der Waals surface area (Å²) < 4.78 is 12.2. The van der Waals surface area contributed by atoms with Crippen LogP contribution in [0, 0.1) is 0 Å². The van der Waals surface area contributed by atoms with Crippen molar-refractivity contribution in [1.82, 2.24) is 15.2 Å². The fraction of sp³-hybridized carbons (Fsp3) is 0.520. The van der Waals surface area contributed by atoms with E-state index in [0.717, 1.165) is 25.1 Å². The number of nitrogens with one attached hydrogen (secondary N) is 1. The van der Waals surface area contributed by atoms with Gasteiger partial charge in [-0.1, -0.05) is 70.4 Å². The van der Waals surface area contributed by atoms with Gasteiger partial charge in [-0.2, -0.15) is 0 Å². The molecule has 0 aliphatic rings. The lowest BCUT2D eigenvalue weighted by molar-refractivity contribution is 0.161. The molecule has 31 heavy (non-hydrogen) atoms. The zero-order valence-corrected chi connectivity index (χ0v) is 20.6. The molecule has 1 atom stereocenters. The van der Waals surface area contributed by atoms with Crippen LogP contribution in [0.5, 0.6) is 0 Å². The standard InChI is InChI=1S/C25H37N3O2Si/c1-25(2,3)31(4,5)30-22(24-26-23(27-28-24)21-18-13-19-29-21)17-12-7-6-9-14-20-15-10-8-11-16-20/h8,10-11,13,15-16,18-19,22H,6-7,9,12,14,17H2,1-5H3,(H,26,27,28). The van der Waals surface area contributed by atoms with Crippen LogP contribution in [0.25, 0.3) is 11.6 Å². The lowest BCUT2D eigenvalue weighted by atomic mass is 10.0. The van der Waals surface area contributed by atoms with Crippen molar-refractivity contribution in [1.29, 1.82) is 0 Å². The van der Waals surface area contributed by atoms with Crippen molar-refractivity contribution in [3.05, 3.63) is 60.1 Å². The molecule has 1 N–H and O–H groups in total. The van der Waals surface area contributed by atoms with Gasteiger partial charge in [0, 0.05) is 0 Å². The van der Waals surface area contributed by atoms with E-state index in [0.29, 0.717) is 11.6 Å². The third-order valence-corrected chi connectivity index (χ3v) is 10.8. The van der Waals surface area contributed by atoms with Gasteiger partial charge in [0.05, 0.1) is 6.26 Å². The molecule has 0 fully saturated rings. The number of furan rings is 1. The first kappa shape index (κ1) is 23.5. The van der Waals surface area contributed by atoms with E-state index in [2.05, 4.69) is 74.4 Å². The lowest BCUT2D eigenvalue weighted by Crippen LogP contribution is -2.42. The molecule has 0 aliphatic heterocycles. The second-order valence-electron chi connectivity index (χ2n) is 9.83. The van der Waals surface area contributed by atoms with Gasteiger partial charge in [0.1, 0.15) is 6.10 Å². The van der Waals surface area contributed by atoms with Gasteiger partial charge in [-0.15, -0.1) is 5.10 Å². The normalized spacial score (nSPS) is 13.5. The van der Waals surface area contributed by atoms with Crippen molar-refractivity contribution in [2.24, 2.45) is 0 Å². The maximum absolute atomic E-state index is 6.77. The summed E-state index contributed by atoms with van der Waals surface area (Å²) in [7, 11) is -1.94. The molecule has 0 amide bonds. The summed E-state index contributed by atoms with van der Waals surface area (Å²) in [4.78, 5) is 4.71. The summed E-state index contributed by atoms with van der Waals surface area (Å²) >= 11 is 0. The van der Waals surface area contributed by atoms with Gasteiger partial charge in [0.15, 0.2) is 19.9 Å². The molecule has 0 bridgehead atoms. The van der Waals surface area contributed by atoms with E-state index in [4.69, 9.17) is 13.8 Å². The molecule has 3 rings (SSSR count). The number of aromatic amines is 1. The Kier molecular flexibility index (Phi) is 7.89. The zero-order chi connectivity index (χ0) is 22.3. The quantitative estimate of drug-likeness (QED) is 0.251. The second-order valence-corrected chi connectivity index (χ2v) is 14.6. The topological polar surface area (TPSA) is 63.9 Å². The van der Waals surface area contributed by atoms with Gasteiger partial charge in [0.2, 0.25) is 5.82 Å². The van der Waals surface area contributed by atoms with Gasteiger partial charge in [-0.05, 0) is 55.1 Å². The average molecular weight is 440 g/mol. The van der Waals surface area contributed by atoms with Crippen LogP contribution >= 0.6 is 0 Å². The Labute approximate surface area is 187 Å². The number of rotatable bonds is 11. The number of benzene rings is 1. The summed E-state index contributed by atoms with van der Waals surface area (Å²) in [5.41, 5.74) is 1.42. The van der Waals surface area contributed by atoms with E-state index in [1.165, 1.54) is 24.8 Å². The Hall–Kier alpha value is -2.18. The number of aromatic nitrogens is 3. The minimum Gasteiger partial charge on any atom is -0.461 e. The number of hydrogen-bond acceptors (Lipinski definition) is 4. The van der Waals surface area contributed by atoms with Gasteiger partial charge in [-0.25, -0.2) is 4.98 Å². The van der Waals surface area contributed by atoms with E-state index in [-0.39, 0.29) is 11.1 Å². The van der Waals surface area contributed by atoms with Crippen molar-refractivity contribution in [2.45, 2.75) is 83.5 Å². The largest absolute Gasteiger partial charge is 0.461 e. The monoisotopic (exact) mass is 439 g/mol. The molecule has 1 aromatic carbocycles. The number of unbranched alkanes of at least 4 members (excludes halogenated alkanes) is 3. The van der Waals surface area contributed by atoms with Crippen LogP contribution in [0.2, 0.25) is 18.1 Å². The summed E-state index contributed by atoms with van der Waals surface area (Å²) in [5.74, 6) is 2.07. The zero-order valence-electron chi connectivity index (χ0n) is 19.6. The van der Waals surface area contributed by atoms with E-state index in [1.54, 1.807) is 6.26 Å². The Morgan fingerprint density at radius 2 is 1.74 bits per heavy atom. The van der Waals surface area contributed by atoms with Crippen LogP contribution < -0.4 is 0 Å². The van der Waals surface area contributed by atoms with Gasteiger partial charge < -0.3 is 8.84 Å². The molecule has 0 saturated heterocycles. The molecule has 5 nitrogen and oxygen atoms in total. The molecule has 168 valence electrons. The Bertz CT molecular complexity index is 899. The summed E-state index contributed by atoms with van der Waals surface area (Å²) in [6, 6.07) is 14.5. The van der Waals surface area contributed by atoms with Crippen LogP contribution in [-0.2, 0) is 10.8 Å². The molecule has 0 spiro atoms. The first-order valence-electron chi connectivity index (χ1n) is 11.4. The Balaban J connectivity index is 1.58. The molecule has 0 saturated carbocycles. The van der Waals surface area contributed by atoms with Crippen LogP contribution in [-0.4, -0.2) is 23.5 Å². The van der Waals surface area contributed by atoms with E-state index in [9.17, 15) is 0 Å². The lowest BCUT2D eigenvalue weighted by Gasteiger charge is -2.38. The van der Waals surface area contributed by atoms with E-state index < -0.39 is 8.32 Å². The summed E-state index contributed by atoms with van der Waals surface area (Å²) in [6.45, 7) is 11.4. The molecule has 2 heterocycles. The van der Waals surface area contributed by atoms with Crippen molar-refractivity contribution in [3.8, 4) is 11.6 Å². The highest BCUT2D eigenvalue weighted by atomic mass is 28.4. The molecule has 3 aromatic rings. The average Bonchev–Trinajstić information content (AvgIpc) is 3.41. The highest BCUT2D eigenvalue weighted by Gasteiger charge is 2.40. The molecule has 1 unspecified atom stereocenters. The maximum Gasteiger partial charge on any atom is 0.217 e. The van der Waals surface area contributed by atoms with Crippen LogP contribution in [0.3, 0.4) is 0 Å². The predicted octanol–water partition coefficient (Wildman–Crippen LogP) is 7.32. The van der Waals surface area contributed by atoms with Gasteiger partial charge in [0.25, 0.3) is 0 Å². The van der Waals surface area contributed by atoms with Crippen molar-refractivity contribution in [2.75, 3.05) is 0 Å². The molecule has 2 aromatic heterocycles. The summed E-state index contributed by atoms with van der Waals surface area (Å²) in [5, 5.41) is 7.63. The third kappa shape index (κ3) is 6.65. The van der Waals surface area contributed by atoms with Crippen LogP contribution in [0.15, 0.2) is 53.1 Å². The van der Waals surface area contributed by atoms with Crippen LogP contribution in [0.4, 0.5) is 0 Å². The first-order chi connectivity index (χ1) is 14.8. The molecule has 0 radical (unpaired) electrons. The smallest absolute Gasteiger partial charge is 0.217 e. The maximum atomic E-state index is 6.77. The molecular formula is C25H37N3O2Si. The fourth-order valence-corrected chi connectivity index (χ4v) is 4.67. The van der Waals surface area contributed by atoms with Crippen molar-refractivity contribution >= 4 is 8.32 Å². The van der Waals surface area contributed by atoms with Gasteiger partial charge in [-0.3, -0.25) is 5.10 Å². The fourth-order valence-electron chi connectivity index (χ4n) is 3.38. The minimum atomic E-state index is -1.94. The summed E-state index contributed by atoms with van der Waals surface area (Å²) in [6.07, 6.45) is 8.45. The number of hydrogen-bond donors (Lipinski definition) is 1. The molecular weight excluding hydrogens is 402 g/mol. The molecule has 6 heteroatoms. The Morgan fingerprint density at radius 1 is 1.00 bits per heavy atom. The first-order valence-corrected chi connectivity index (χ1v) is 14.3. The third-order valence-electron chi connectivity index (χ3n) is 6.32. The highest BCUT2D eigenvalue weighted by molar-refractivity contribution is 6.74.